The molecule has 1 amide bonds. The van der Waals surface area contributed by atoms with Crippen LogP contribution in [0, 0.1) is 11.8 Å². The van der Waals surface area contributed by atoms with Gasteiger partial charge in [0, 0.05) is 49.4 Å². The first kappa shape index (κ1) is 17.8. The standard InChI is InChI=1S/C18H30N4OS/c1-13(14-9-19-10-14)16(23)22-7-5-21(6-8-22)11-15-12-24-17(20-15)18(2,3)4/h12-14,19H,5-11H2,1-4H3. The number of rotatable bonds is 4. The minimum absolute atomic E-state index is 0.126. The van der Waals surface area contributed by atoms with Crippen molar-refractivity contribution in [3.63, 3.8) is 0 Å². The van der Waals surface area contributed by atoms with Crippen molar-refractivity contribution >= 4 is 17.2 Å². The molecule has 0 aromatic carbocycles. The van der Waals surface area contributed by atoms with Gasteiger partial charge in [0.05, 0.1) is 10.7 Å². The topological polar surface area (TPSA) is 48.5 Å². The number of aromatic nitrogens is 1. The number of piperazine rings is 1. The number of nitrogens with one attached hydrogen (secondary N) is 1. The van der Waals surface area contributed by atoms with Gasteiger partial charge in [-0.2, -0.15) is 0 Å². The van der Waals surface area contributed by atoms with Crippen LogP contribution >= 0.6 is 11.3 Å². The third kappa shape index (κ3) is 3.98. The highest BCUT2D eigenvalue weighted by Crippen LogP contribution is 2.26. The number of thiazole rings is 1. The van der Waals surface area contributed by atoms with Gasteiger partial charge in [-0.15, -0.1) is 11.3 Å². The van der Waals surface area contributed by atoms with Gasteiger partial charge in [-0.25, -0.2) is 4.98 Å². The van der Waals surface area contributed by atoms with Crippen LogP contribution in [0.4, 0.5) is 0 Å². The molecule has 24 heavy (non-hydrogen) atoms. The Kier molecular flexibility index (Phi) is 5.27. The van der Waals surface area contributed by atoms with E-state index in [0.717, 1.165) is 45.8 Å². The summed E-state index contributed by atoms with van der Waals surface area (Å²) in [6.45, 7) is 15.2. The minimum Gasteiger partial charge on any atom is -0.340 e. The molecule has 2 aliphatic heterocycles. The number of amides is 1. The second-order valence-electron chi connectivity index (χ2n) is 8.20. The number of nitrogens with zero attached hydrogens (tertiary/aromatic N) is 3. The molecule has 1 atom stereocenters. The van der Waals surface area contributed by atoms with Gasteiger partial charge in [-0.05, 0) is 19.0 Å². The lowest BCUT2D eigenvalue weighted by Crippen LogP contribution is -2.54. The molecule has 1 N–H and O–H groups in total. The molecule has 5 nitrogen and oxygen atoms in total. The van der Waals surface area contributed by atoms with Crippen molar-refractivity contribution in [2.75, 3.05) is 39.3 Å². The van der Waals surface area contributed by atoms with Crippen LogP contribution in [0.3, 0.4) is 0 Å². The monoisotopic (exact) mass is 350 g/mol. The molecule has 2 aliphatic rings. The van der Waals surface area contributed by atoms with Gasteiger partial charge >= 0.3 is 0 Å². The summed E-state index contributed by atoms with van der Waals surface area (Å²) in [4.78, 5) is 21.8. The van der Waals surface area contributed by atoms with E-state index in [9.17, 15) is 4.79 Å². The normalized spacial score (nSPS) is 21.6. The van der Waals surface area contributed by atoms with Crippen molar-refractivity contribution < 1.29 is 4.79 Å². The molecule has 3 rings (SSSR count). The van der Waals surface area contributed by atoms with Crippen LogP contribution in [0.2, 0.25) is 0 Å². The van der Waals surface area contributed by atoms with E-state index in [1.54, 1.807) is 11.3 Å². The summed E-state index contributed by atoms with van der Waals surface area (Å²) in [6, 6.07) is 0. The maximum absolute atomic E-state index is 12.6. The molecular formula is C18H30N4OS. The highest BCUT2D eigenvalue weighted by Gasteiger charge is 2.32. The van der Waals surface area contributed by atoms with Crippen LogP contribution in [-0.2, 0) is 16.8 Å². The van der Waals surface area contributed by atoms with Gasteiger partial charge in [0.15, 0.2) is 0 Å². The van der Waals surface area contributed by atoms with Crippen molar-refractivity contribution in [2.45, 2.75) is 39.7 Å². The molecule has 1 aromatic heterocycles. The number of hydrogen-bond acceptors (Lipinski definition) is 5. The van der Waals surface area contributed by atoms with Gasteiger partial charge in [-0.1, -0.05) is 27.7 Å². The van der Waals surface area contributed by atoms with E-state index in [1.807, 2.05) is 0 Å². The average Bonchev–Trinajstić information content (AvgIpc) is 2.94. The maximum atomic E-state index is 12.6. The Balaban J connectivity index is 1.48. The third-order valence-corrected chi connectivity index (χ3v) is 6.49. The lowest BCUT2D eigenvalue weighted by molar-refractivity contribution is -0.139. The fourth-order valence-electron chi connectivity index (χ4n) is 3.23. The van der Waals surface area contributed by atoms with Gasteiger partial charge in [0.25, 0.3) is 0 Å². The number of hydrogen-bond donors (Lipinski definition) is 1. The SMILES string of the molecule is CC(C(=O)N1CCN(Cc2csc(C(C)(C)C)n2)CC1)C1CNC1. The fraction of sp³-hybridized carbons (Fsp3) is 0.778. The zero-order valence-corrected chi connectivity index (χ0v) is 16.2. The Morgan fingerprint density at radius 1 is 1.33 bits per heavy atom. The molecule has 0 spiro atoms. The van der Waals surface area contributed by atoms with Crippen molar-refractivity contribution in [1.29, 1.82) is 0 Å². The van der Waals surface area contributed by atoms with E-state index in [1.165, 1.54) is 10.7 Å². The van der Waals surface area contributed by atoms with Gasteiger partial charge in [0.1, 0.15) is 0 Å². The molecule has 6 heteroatoms. The maximum Gasteiger partial charge on any atom is 0.225 e. The quantitative estimate of drug-likeness (QED) is 0.902. The summed E-state index contributed by atoms with van der Waals surface area (Å²) in [5.74, 6) is 1.02. The van der Waals surface area contributed by atoms with E-state index < -0.39 is 0 Å². The van der Waals surface area contributed by atoms with Gasteiger partial charge in [0.2, 0.25) is 5.91 Å². The lowest BCUT2D eigenvalue weighted by Gasteiger charge is -2.39. The average molecular weight is 351 g/mol. The van der Waals surface area contributed by atoms with Crippen LogP contribution in [-0.4, -0.2) is 60.0 Å². The van der Waals surface area contributed by atoms with E-state index in [-0.39, 0.29) is 11.3 Å². The number of carbonyl (C=O) groups excluding carboxylic acids is 1. The van der Waals surface area contributed by atoms with Gasteiger partial charge < -0.3 is 10.2 Å². The second kappa shape index (κ2) is 7.10. The zero-order chi connectivity index (χ0) is 17.3. The van der Waals surface area contributed by atoms with Crippen LogP contribution < -0.4 is 5.32 Å². The van der Waals surface area contributed by atoms with E-state index in [4.69, 9.17) is 4.98 Å². The van der Waals surface area contributed by atoms with Crippen molar-refractivity contribution in [1.82, 2.24) is 20.1 Å². The van der Waals surface area contributed by atoms with E-state index in [2.05, 4.69) is 48.2 Å². The highest BCUT2D eigenvalue weighted by molar-refractivity contribution is 7.09. The molecule has 3 heterocycles. The van der Waals surface area contributed by atoms with E-state index in [0.29, 0.717) is 11.8 Å². The summed E-state index contributed by atoms with van der Waals surface area (Å²) >= 11 is 1.76. The first-order valence-electron chi connectivity index (χ1n) is 9.01. The molecule has 2 saturated heterocycles. The fourth-order valence-corrected chi connectivity index (χ4v) is 4.13. The van der Waals surface area contributed by atoms with E-state index >= 15 is 0 Å². The molecule has 1 unspecified atom stereocenters. The molecular weight excluding hydrogens is 320 g/mol. The molecule has 0 saturated carbocycles. The Morgan fingerprint density at radius 2 is 2.00 bits per heavy atom. The largest absolute Gasteiger partial charge is 0.340 e. The minimum atomic E-state index is 0.126. The predicted molar refractivity (Wildman–Crippen MR) is 98.2 cm³/mol. The van der Waals surface area contributed by atoms with Crippen LogP contribution in [0.15, 0.2) is 5.38 Å². The zero-order valence-electron chi connectivity index (χ0n) is 15.3. The molecule has 1 aromatic rings. The first-order chi connectivity index (χ1) is 11.3. The van der Waals surface area contributed by atoms with Gasteiger partial charge in [-0.3, -0.25) is 9.69 Å². The van der Waals surface area contributed by atoms with Crippen molar-refractivity contribution in [3.05, 3.63) is 16.1 Å². The molecule has 0 bridgehead atoms. The Bertz CT molecular complexity index is 568. The lowest BCUT2D eigenvalue weighted by atomic mass is 9.88. The summed E-state index contributed by atoms with van der Waals surface area (Å²) in [5, 5.41) is 6.65. The highest BCUT2D eigenvalue weighted by atomic mass is 32.1. The Labute approximate surface area is 149 Å². The predicted octanol–water partition coefficient (Wildman–Crippen LogP) is 1.94. The van der Waals surface area contributed by atoms with Crippen molar-refractivity contribution in [3.8, 4) is 0 Å². The first-order valence-corrected chi connectivity index (χ1v) is 9.89. The van der Waals surface area contributed by atoms with Crippen LogP contribution in [0.25, 0.3) is 0 Å². The summed E-state index contributed by atoms with van der Waals surface area (Å²) < 4.78 is 0. The number of carbonyl (C=O) groups is 1. The van der Waals surface area contributed by atoms with Crippen LogP contribution in [0.5, 0.6) is 0 Å². The molecule has 0 aliphatic carbocycles. The molecule has 134 valence electrons. The summed E-state index contributed by atoms with van der Waals surface area (Å²) in [7, 11) is 0. The van der Waals surface area contributed by atoms with Crippen molar-refractivity contribution in [2.24, 2.45) is 11.8 Å². The summed E-state index contributed by atoms with van der Waals surface area (Å²) in [6.07, 6.45) is 0. The Morgan fingerprint density at radius 3 is 2.50 bits per heavy atom. The summed E-state index contributed by atoms with van der Waals surface area (Å²) in [5.41, 5.74) is 1.29. The Hall–Kier alpha value is -0.980. The molecule has 2 fully saturated rings. The van der Waals surface area contributed by atoms with Crippen LogP contribution in [0.1, 0.15) is 38.4 Å². The molecule has 0 radical (unpaired) electrons. The third-order valence-electron chi connectivity index (χ3n) is 5.17. The smallest absolute Gasteiger partial charge is 0.225 e. The second-order valence-corrected chi connectivity index (χ2v) is 9.06.